The van der Waals surface area contributed by atoms with E-state index in [0.29, 0.717) is 6.61 Å². The summed E-state index contributed by atoms with van der Waals surface area (Å²) in [7, 11) is 0. The van der Waals surface area contributed by atoms with Gasteiger partial charge in [0.15, 0.2) is 0 Å². The fraction of sp³-hybridized carbons (Fsp3) is 0.250. The van der Waals surface area contributed by atoms with Crippen LogP contribution in [0, 0.1) is 0 Å². The number of aliphatic hydroxyl groups excluding tert-OH is 1. The predicted molar refractivity (Wildman–Crippen MR) is 63.8 cm³/mol. The van der Waals surface area contributed by atoms with Gasteiger partial charge in [-0.1, -0.05) is 12.1 Å². The highest BCUT2D eigenvalue weighted by Crippen LogP contribution is 2.26. The zero-order valence-electron chi connectivity index (χ0n) is 8.96. The molecule has 0 amide bonds. The van der Waals surface area contributed by atoms with Crippen LogP contribution in [0.15, 0.2) is 36.0 Å². The first kappa shape index (κ1) is 11.1. The van der Waals surface area contributed by atoms with Crippen LogP contribution < -0.4 is 4.74 Å². The molecule has 2 rings (SSSR count). The standard InChI is InChI=1S/C12H13NO2S/c1-2-15-10-5-3-4-9(6-10)12(14)11-7-13-8-16-11/h3-8,12,14H,2H2,1H3. The summed E-state index contributed by atoms with van der Waals surface area (Å²) >= 11 is 1.44. The van der Waals surface area contributed by atoms with E-state index in [-0.39, 0.29) is 0 Å². The summed E-state index contributed by atoms with van der Waals surface area (Å²) in [5.74, 6) is 0.781. The fourth-order valence-corrected chi connectivity index (χ4v) is 2.10. The molecule has 1 aromatic carbocycles. The molecule has 1 unspecified atom stereocenters. The van der Waals surface area contributed by atoms with Crippen LogP contribution in [0.1, 0.15) is 23.5 Å². The minimum Gasteiger partial charge on any atom is -0.494 e. The van der Waals surface area contributed by atoms with Gasteiger partial charge in [-0.3, -0.25) is 4.98 Å². The van der Waals surface area contributed by atoms with E-state index in [1.54, 1.807) is 11.7 Å². The van der Waals surface area contributed by atoms with Crippen molar-refractivity contribution in [2.45, 2.75) is 13.0 Å². The molecule has 84 valence electrons. The van der Waals surface area contributed by atoms with Crippen LogP contribution in [0.2, 0.25) is 0 Å². The van der Waals surface area contributed by atoms with Crippen molar-refractivity contribution >= 4 is 11.3 Å². The Kier molecular flexibility index (Phi) is 3.54. The quantitative estimate of drug-likeness (QED) is 0.885. The average Bonchev–Trinajstić information content (AvgIpc) is 2.82. The lowest BCUT2D eigenvalue weighted by molar-refractivity contribution is 0.223. The number of thiazole rings is 1. The van der Waals surface area contributed by atoms with Gasteiger partial charge in [0, 0.05) is 6.20 Å². The van der Waals surface area contributed by atoms with Crippen LogP contribution in [0.4, 0.5) is 0 Å². The smallest absolute Gasteiger partial charge is 0.119 e. The molecule has 0 aliphatic heterocycles. The number of aromatic nitrogens is 1. The van der Waals surface area contributed by atoms with E-state index in [1.165, 1.54) is 11.3 Å². The second kappa shape index (κ2) is 5.09. The third kappa shape index (κ3) is 2.40. The van der Waals surface area contributed by atoms with Crippen LogP contribution in [0.3, 0.4) is 0 Å². The summed E-state index contributed by atoms with van der Waals surface area (Å²) in [4.78, 5) is 4.80. The molecule has 0 saturated heterocycles. The van der Waals surface area contributed by atoms with Crippen molar-refractivity contribution in [3.8, 4) is 5.75 Å². The van der Waals surface area contributed by atoms with E-state index in [9.17, 15) is 5.11 Å². The van der Waals surface area contributed by atoms with E-state index in [4.69, 9.17) is 4.74 Å². The minimum atomic E-state index is -0.618. The second-order valence-electron chi connectivity index (χ2n) is 3.31. The van der Waals surface area contributed by atoms with Crippen molar-refractivity contribution in [1.29, 1.82) is 0 Å². The summed E-state index contributed by atoms with van der Waals surface area (Å²) in [6.07, 6.45) is 1.07. The van der Waals surface area contributed by atoms with Crippen molar-refractivity contribution < 1.29 is 9.84 Å². The molecule has 2 aromatic rings. The van der Waals surface area contributed by atoms with Crippen molar-refractivity contribution in [2.24, 2.45) is 0 Å². The van der Waals surface area contributed by atoms with Gasteiger partial charge in [0.2, 0.25) is 0 Å². The molecule has 4 heteroatoms. The van der Waals surface area contributed by atoms with Gasteiger partial charge >= 0.3 is 0 Å². The predicted octanol–water partition coefficient (Wildman–Crippen LogP) is 2.62. The van der Waals surface area contributed by atoms with Crippen molar-refractivity contribution in [3.05, 3.63) is 46.4 Å². The summed E-state index contributed by atoms with van der Waals surface area (Å²) in [5.41, 5.74) is 2.54. The Morgan fingerprint density at radius 1 is 1.50 bits per heavy atom. The van der Waals surface area contributed by atoms with Crippen LogP contribution in [0.5, 0.6) is 5.75 Å². The third-order valence-corrected chi connectivity index (χ3v) is 3.03. The Morgan fingerprint density at radius 3 is 3.06 bits per heavy atom. The van der Waals surface area contributed by atoms with Gasteiger partial charge in [0.05, 0.1) is 17.0 Å². The molecule has 0 aliphatic carbocycles. The van der Waals surface area contributed by atoms with Crippen LogP contribution >= 0.6 is 11.3 Å². The molecule has 0 spiro atoms. The summed E-state index contributed by atoms with van der Waals surface area (Å²) in [5, 5.41) is 10.1. The molecule has 1 heterocycles. The summed E-state index contributed by atoms with van der Waals surface area (Å²) in [6.45, 7) is 2.56. The molecule has 0 bridgehead atoms. The average molecular weight is 235 g/mol. The van der Waals surface area contributed by atoms with E-state index >= 15 is 0 Å². The molecule has 0 aliphatic rings. The molecule has 3 nitrogen and oxygen atoms in total. The number of rotatable bonds is 4. The molecular formula is C12H13NO2S. The molecule has 0 fully saturated rings. The van der Waals surface area contributed by atoms with Gasteiger partial charge in [0.1, 0.15) is 11.9 Å². The van der Waals surface area contributed by atoms with Crippen molar-refractivity contribution in [3.63, 3.8) is 0 Å². The number of hydrogen-bond acceptors (Lipinski definition) is 4. The summed E-state index contributed by atoms with van der Waals surface area (Å²) < 4.78 is 5.39. The SMILES string of the molecule is CCOc1cccc(C(O)c2cncs2)c1. The Hall–Kier alpha value is -1.39. The number of hydrogen-bond donors (Lipinski definition) is 1. The third-order valence-electron chi connectivity index (χ3n) is 2.21. The number of ether oxygens (including phenoxy) is 1. The zero-order valence-corrected chi connectivity index (χ0v) is 9.78. The Morgan fingerprint density at radius 2 is 2.38 bits per heavy atom. The minimum absolute atomic E-state index is 0.618. The van der Waals surface area contributed by atoms with E-state index in [2.05, 4.69) is 4.98 Å². The molecule has 1 aromatic heterocycles. The molecule has 1 atom stereocenters. The first-order chi connectivity index (χ1) is 7.81. The van der Waals surface area contributed by atoms with Crippen molar-refractivity contribution in [1.82, 2.24) is 4.98 Å². The maximum Gasteiger partial charge on any atom is 0.119 e. The van der Waals surface area contributed by atoms with E-state index < -0.39 is 6.10 Å². The molecule has 16 heavy (non-hydrogen) atoms. The Balaban J connectivity index is 2.23. The van der Waals surface area contributed by atoms with Gasteiger partial charge in [-0.2, -0.15) is 0 Å². The van der Waals surface area contributed by atoms with Crippen molar-refractivity contribution in [2.75, 3.05) is 6.61 Å². The zero-order chi connectivity index (χ0) is 11.4. The maximum absolute atomic E-state index is 10.1. The second-order valence-corrected chi connectivity index (χ2v) is 4.23. The first-order valence-electron chi connectivity index (χ1n) is 5.10. The highest BCUT2D eigenvalue weighted by Gasteiger charge is 2.12. The monoisotopic (exact) mass is 235 g/mol. The number of aliphatic hydroxyl groups is 1. The Labute approximate surface area is 98.4 Å². The maximum atomic E-state index is 10.1. The largest absolute Gasteiger partial charge is 0.494 e. The molecule has 1 N–H and O–H groups in total. The number of nitrogens with zero attached hydrogens (tertiary/aromatic N) is 1. The topological polar surface area (TPSA) is 42.4 Å². The highest BCUT2D eigenvalue weighted by molar-refractivity contribution is 7.09. The lowest BCUT2D eigenvalue weighted by Crippen LogP contribution is -1.98. The van der Waals surface area contributed by atoms with Gasteiger partial charge in [-0.15, -0.1) is 11.3 Å². The molecule has 0 radical (unpaired) electrons. The lowest BCUT2D eigenvalue weighted by atomic mass is 10.1. The lowest BCUT2D eigenvalue weighted by Gasteiger charge is -2.10. The highest BCUT2D eigenvalue weighted by atomic mass is 32.1. The molecular weight excluding hydrogens is 222 g/mol. The Bertz CT molecular complexity index is 442. The van der Waals surface area contributed by atoms with E-state index in [1.807, 2.05) is 31.2 Å². The van der Waals surface area contributed by atoms with Crippen LogP contribution in [0.25, 0.3) is 0 Å². The summed E-state index contributed by atoms with van der Waals surface area (Å²) in [6, 6.07) is 7.50. The first-order valence-corrected chi connectivity index (χ1v) is 5.98. The van der Waals surface area contributed by atoms with Gasteiger partial charge in [0.25, 0.3) is 0 Å². The van der Waals surface area contributed by atoms with Gasteiger partial charge < -0.3 is 9.84 Å². The molecule has 0 saturated carbocycles. The van der Waals surface area contributed by atoms with Crippen LogP contribution in [-0.2, 0) is 0 Å². The normalized spacial score (nSPS) is 12.4. The number of benzene rings is 1. The van der Waals surface area contributed by atoms with Gasteiger partial charge in [-0.25, -0.2) is 0 Å². The van der Waals surface area contributed by atoms with E-state index in [0.717, 1.165) is 16.2 Å². The fourth-order valence-electron chi connectivity index (χ4n) is 1.47. The van der Waals surface area contributed by atoms with Crippen LogP contribution in [-0.4, -0.2) is 16.7 Å². The van der Waals surface area contributed by atoms with Gasteiger partial charge in [-0.05, 0) is 24.6 Å².